The van der Waals surface area contributed by atoms with Crippen LogP contribution in [-0.2, 0) is 6.54 Å². The summed E-state index contributed by atoms with van der Waals surface area (Å²) in [6.07, 6.45) is 3.41. The predicted octanol–water partition coefficient (Wildman–Crippen LogP) is 2.96. The zero-order valence-corrected chi connectivity index (χ0v) is 12.3. The van der Waals surface area contributed by atoms with Crippen LogP contribution in [0.25, 0.3) is 10.9 Å². The van der Waals surface area contributed by atoms with Crippen molar-refractivity contribution in [1.82, 2.24) is 10.3 Å². The van der Waals surface area contributed by atoms with Crippen molar-refractivity contribution in [3.8, 4) is 0 Å². The number of nitrogens with zero attached hydrogens (tertiary/aromatic N) is 1. The molecule has 1 saturated carbocycles. The van der Waals surface area contributed by atoms with Gasteiger partial charge in [-0.1, -0.05) is 18.2 Å². The topological polar surface area (TPSA) is 45.2 Å². The molecule has 1 aliphatic rings. The third kappa shape index (κ3) is 3.51. The van der Waals surface area contributed by atoms with Crippen molar-refractivity contribution in [2.75, 3.05) is 12.4 Å². The van der Waals surface area contributed by atoms with Crippen molar-refractivity contribution in [3.05, 3.63) is 35.9 Å². The normalized spacial score (nSPS) is 14.8. The largest absolute Gasteiger partial charge is 0.396 e. The molecule has 0 spiro atoms. The van der Waals surface area contributed by atoms with Crippen LogP contribution in [0.15, 0.2) is 35.4 Å². The first-order valence-electron chi connectivity index (χ1n) is 7.22. The van der Waals surface area contributed by atoms with E-state index in [2.05, 4.69) is 29.6 Å². The zero-order chi connectivity index (χ0) is 13.8. The highest BCUT2D eigenvalue weighted by molar-refractivity contribution is 7.99. The summed E-state index contributed by atoms with van der Waals surface area (Å²) in [6.45, 7) is 1.14. The maximum Gasteiger partial charge on any atom is 0.101 e. The van der Waals surface area contributed by atoms with E-state index in [0.29, 0.717) is 6.04 Å². The second-order valence-corrected chi connectivity index (χ2v) is 6.31. The highest BCUT2D eigenvalue weighted by Gasteiger charge is 2.20. The minimum Gasteiger partial charge on any atom is -0.396 e. The van der Waals surface area contributed by atoms with Crippen LogP contribution in [-0.4, -0.2) is 28.5 Å². The maximum atomic E-state index is 8.92. The van der Waals surface area contributed by atoms with Gasteiger partial charge in [-0.15, -0.1) is 11.8 Å². The SMILES string of the molecule is OCCCSc1nc2ccccc2cc1CNC1CC1. The van der Waals surface area contributed by atoms with Gasteiger partial charge in [0.1, 0.15) is 5.03 Å². The number of nitrogens with one attached hydrogen (secondary N) is 1. The van der Waals surface area contributed by atoms with Crippen LogP contribution in [0.1, 0.15) is 24.8 Å². The van der Waals surface area contributed by atoms with Gasteiger partial charge < -0.3 is 10.4 Å². The van der Waals surface area contributed by atoms with E-state index < -0.39 is 0 Å². The van der Waals surface area contributed by atoms with Crippen molar-refractivity contribution in [3.63, 3.8) is 0 Å². The van der Waals surface area contributed by atoms with Gasteiger partial charge in [-0.2, -0.15) is 0 Å². The Balaban J connectivity index is 1.83. The van der Waals surface area contributed by atoms with E-state index in [0.717, 1.165) is 29.3 Å². The van der Waals surface area contributed by atoms with Crippen LogP contribution in [0.3, 0.4) is 0 Å². The number of fused-ring (bicyclic) bond motifs is 1. The highest BCUT2D eigenvalue weighted by atomic mass is 32.2. The van der Waals surface area contributed by atoms with Gasteiger partial charge >= 0.3 is 0 Å². The minimum absolute atomic E-state index is 0.246. The van der Waals surface area contributed by atoms with E-state index in [1.165, 1.54) is 23.8 Å². The van der Waals surface area contributed by atoms with Gasteiger partial charge in [0.25, 0.3) is 0 Å². The van der Waals surface area contributed by atoms with Gasteiger partial charge in [0.05, 0.1) is 5.52 Å². The molecule has 1 aromatic carbocycles. The molecule has 0 atom stereocenters. The van der Waals surface area contributed by atoms with E-state index in [4.69, 9.17) is 10.1 Å². The summed E-state index contributed by atoms with van der Waals surface area (Å²) in [4.78, 5) is 4.79. The molecule has 0 saturated heterocycles. The minimum atomic E-state index is 0.246. The molecule has 1 fully saturated rings. The van der Waals surface area contributed by atoms with Crippen LogP contribution in [0.4, 0.5) is 0 Å². The van der Waals surface area contributed by atoms with Crippen LogP contribution in [0.5, 0.6) is 0 Å². The molecule has 2 N–H and O–H groups in total. The molecule has 20 heavy (non-hydrogen) atoms. The summed E-state index contributed by atoms with van der Waals surface area (Å²) in [7, 11) is 0. The third-order valence-corrected chi connectivity index (χ3v) is 4.58. The van der Waals surface area contributed by atoms with Gasteiger partial charge in [0.15, 0.2) is 0 Å². The number of aliphatic hydroxyl groups is 1. The Labute approximate surface area is 123 Å². The molecule has 2 aromatic rings. The second kappa shape index (κ2) is 6.57. The van der Waals surface area contributed by atoms with E-state index in [1.54, 1.807) is 11.8 Å². The lowest BCUT2D eigenvalue weighted by atomic mass is 10.1. The van der Waals surface area contributed by atoms with Gasteiger partial charge in [0.2, 0.25) is 0 Å². The molecule has 1 heterocycles. The number of aromatic nitrogens is 1. The first-order valence-corrected chi connectivity index (χ1v) is 8.21. The average Bonchev–Trinajstić information content (AvgIpc) is 3.29. The first kappa shape index (κ1) is 13.9. The molecular formula is C16H20N2OS. The van der Waals surface area contributed by atoms with E-state index >= 15 is 0 Å². The lowest BCUT2D eigenvalue weighted by Gasteiger charge is -2.11. The molecular weight excluding hydrogens is 268 g/mol. The van der Waals surface area contributed by atoms with E-state index in [-0.39, 0.29) is 6.61 Å². The molecule has 0 amide bonds. The number of hydrogen-bond donors (Lipinski definition) is 2. The fourth-order valence-corrected chi connectivity index (χ4v) is 3.11. The van der Waals surface area contributed by atoms with Crippen molar-refractivity contribution in [2.45, 2.75) is 36.9 Å². The molecule has 4 heteroatoms. The molecule has 0 unspecified atom stereocenters. The van der Waals surface area contributed by atoms with Gasteiger partial charge in [-0.05, 0) is 37.0 Å². The van der Waals surface area contributed by atoms with Crippen LogP contribution < -0.4 is 5.32 Å². The highest BCUT2D eigenvalue weighted by Crippen LogP contribution is 2.27. The summed E-state index contributed by atoms with van der Waals surface area (Å²) >= 11 is 1.75. The third-order valence-electron chi connectivity index (χ3n) is 3.46. The van der Waals surface area contributed by atoms with Crippen molar-refractivity contribution < 1.29 is 5.11 Å². The molecule has 0 aliphatic heterocycles. The van der Waals surface area contributed by atoms with Crippen molar-refractivity contribution in [1.29, 1.82) is 0 Å². The smallest absolute Gasteiger partial charge is 0.101 e. The first-order chi connectivity index (χ1) is 9.86. The Morgan fingerprint density at radius 1 is 1.30 bits per heavy atom. The number of rotatable bonds is 7. The van der Waals surface area contributed by atoms with Gasteiger partial charge in [-0.25, -0.2) is 4.98 Å². The number of hydrogen-bond acceptors (Lipinski definition) is 4. The summed E-state index contributed by atoms with van der Waals surface area (Å²) in [5, 5.41) is 14.8. The molecule has 1 aliphatic carbocycles. The number of aliphatic hydroxyl groups excluding tert-OH is 1. The molecule has 1 aromatic heterocycles. The lowest BCUT2D eigenvalue weighted by Crippen LogP contribution is -2.16. The van der Waals surface area contributed by atoms with Crippen LogP contribution >= 0.6 is 11.8 Å². The molecule has 0 bridgehead atoms. The lowest BCUT2D eigenvalue weighted by molar-refractivity contribution is 0.296. The predicted molar refractivity (Wildman–Crippen MR) is 84.0 cm³/mol. The second-order valence-electron chi connectivity index (χ2n) is 5.23. The quantitative estimate of drug-likeness (QED) is 0.607. The van der Waals surface area contributed by atoms with Gasteiger partial charge in [-0.3, -0.25) is 0 Å². The zero-order valence-electron chi connectivity index (χ0n) is 11.5. The average molecular weight is 288 g/mol. The Hall–Kier alpha value is -1.10. The molecule has 3 nitrogen and oxygen atoms in total. The molecule has 0 radical (unpaired) electrons. The Kier molecular flexibility index (Phi) is 4.55. The van der Waals surface area contributed by atoms with Crippen LogP contribution in [0, 0.1) is 0 Å². The van der Waals surface area contributed by atoms with Crippen molar-refractivity contribution >= 4 is 22.7 Å². The summed E-state index contributed by atoms with van der Waals surface area (Å²) in [5.41, 5.74) is 2.33. The number of para-hydroxylation sites is 1. The Morgan fingerprint density at radius 2 is 2.15 bits per heavy atom. The van der Waals surface area contributed by atoms with Crippen molar-refractivity contribution in [2.24, 2.45) is 0 Å². The number of pyridine rings is 1. The fourth-order valence-electron chi connectivity index (χ4n) is 2.17. The standard InChI is InChI=1S/C16H20N2OS/c19-8-3-9-20-16-13(11-17-14-6-7-14)10-12-4-1-2-5-15(12)18-16/h1-2,4-5,10,14,17,19H,3,6-9,11H2. The van der Waals surface area contributed by atoms with E-state index in [1.807, 2.05) is 6.07 Å². The Morgan fingerprint density at radius 3 is 2.95 bits per heavy atom. The van der Waals surface area contributed by atoms with E-state index in [9.17, 15) is 0 Å². The van der Waals surface area contributed by atoms with Crippen LogP contribution in [0.2, 0.25) is 0 Å². The number of benzene rings is 1. The fraction of sp³-hybridized carbons (Fsp3) is 0.438. The summed E-state index contributed by atoms with van der Waals surface area (Å²) in [5.74, 6) is 0.915. The molecule has 106 valence electrons. The maximum absolute atomic E-state index is 8.92. The molecule has 3 rings (SSSR count). The Bertz CT molecular complexity index is 584. The number of thioether (sulfide) groups is 1. The monoisotopic (exact) mass is 288 g/mol. The van der Waals surface area contributed by atoms with Gasteiger partial charge in [0, 0.05) is 30.3 Å². The summed E-state index contributed by atoms with van der Waals surface area (Å²) < 4.78 is 0. The summed E-state index contributed by atoms with van der Waals surface area (Å²) in [6, 6.07) is 11.2.